The Kier molecular flexibility index (Phi) is 8.21. The number of amides is 2. The normalized spacial score (nSPS) is 18.4. The number of carbonyl (C=O) groups excluding carboxylic acids is 2. The van der Waals surface area contributed by atoms with Gasteiger partial charge < -0.3 is 15.1 Å². The highest BCUT2D eigenvalue weighted by atomic mass is 32.2. The molecule has 2 amide bonds. The zero-order valence-corrected chi connectivity index (χ0v) is 23.8. The average Bonchev–Trinajstić information content (AvgIpc) is 3.58. The van der Waals surface area contributed by atoms with Crippen molar-refractivity contribution in [3.05, 3.63) is 88.1 Å². The smallest absolute Gasteiger partial charge is 0.261 e. The van der Waals surface area contributed by atoms with Gasteiger partial charge in [0, 0.05) is 25.9 Å². The second kappa shape index (κ2) is 11.6. The summed E-state index contributed by atoms with van der Waals surface area (Å²) < 4.78 is 23.5. The number of hydrogen-bond donors (Lipinski definition) is 1. The van der Waals surface area contributed by atoms with Crippen LogP contribution in [0, 0.1) is 5.41 Å². The Balaban J connectivity index is 1.15. The maximum atomic E-state index is 13.5. The van der Waals surface area contributed by atoms with Gasteiger partial charge in [0.15, 0.2) is 9.84 Å². The van der Waals surface area contributed by atoms with Gasteiger partial charge in [0.05, 0.1) is 21.2 Å². The van der Waals surface area contributed by atoms with E-state index in [1.165, 1.54) is 17.6 Å². The van der Waals surface area contributed by atoms with Gasteiger partial charge in [-0.25, -0.2) is 8.42 Å². The molecule has 1 spiro atoms. The van der Waals surface area contributed by atoms with E-state index in [1.54, 1.807) is 24.3 Å². The fraction of sp³-hybridized carbons (Fsp3) is 0.400. The molecular formula is C30H35N3O4S2. The van der Waals surface area contributed by atoms with E-state index in [0.29, 0.717) is 16.3 Å². The summed E-state index contributed by atoms with van der Waals surface area (Å²) in [6, 6.07) is 20.6. The number of hydrogen-bond acceptors (Lipinski definition) is 6. The third-order valence-electron chi connectivity index (χ3n) is 8.13. The first-order valence-corrected chi connectivity index (χ1v) is 16.2. The molecule has 2 aliphatic rings. The lowest BCUT2D eigenvalue weighted by Gasteiger charge is -2.38. The van der Waals surface area contributed by atoms with Gasteiger partial charge in [0.2, 0.25) is 5.91 Å². The van der Waals surface area contributed by atoms with Crippen LogP contribution in [0.3, 0.4) is 0 Å². The lowest BCUT2D eigenvalue weighted by molar-refractivity contribution is -0.138. The van der Waals surface area contributed by atoms with E-state index in [4.69, 9.17) is 0 Å². The number of piperidine rings is 1. The van der Waals surface area contributed by atoms with Crippen molar-refractivity contribution in [1.29, 1.82) is 0 Å². The highest BCUT2D eigenvalue weighted by Crippen LogP contribution is 2.42. The van der Waals surface area contributed by atoms with Crippen LogP contribution in [-0.2, 0) is 21.2 Å². The number of rotatable bonds is 9. The second-order valence-corrected chi connectivity index (χ2v) is 13.7. The zero-order chi connectivity index (χ0) is 27.5. The molecule has 1 aromatic heterocycles. The minimum Gasteiger partial charge on any atom is -0.344 e. The first-order chi connectivity index (χ1) is 18.7. The standard InChI is InChI=1S/C30H35N3O4S2/c1-39(36,37)25-11-9-23(10-12-25)22-33-20-16-30(29(33)35)14-18-32(19-15-30)17-13-26(24-6-3-2-4-7-24)31-28(34)27-8-5-21-38-27/h2-12,21,26H,13-20,22H2,1H3,(H,31,34). The largest absolute Gasteiger partial charge is 0.344 e. The molecule has 39 heavy (non-hydrogen) atoms. The molecule has 0 bridgehead atoms. The molecule has 1 unspecified atom stereocenters. The van der Waals surface area contributed by atoms with Crippen LogP contribution in [0.1, 0.15) is 52.5 Å². The number of carbonyl (C=O) groups is 2. The van der Waals surface area contributed by atoms with Gasteiger partial charge in [-0.1, -0.05) is 48.5 Å². The molecule has 5 rings (SSSR count). The Morgan fingerprint density at radius 1 is 0.974 bits per heavy atom. The minimum absolute atomic E-state index is 0.0425. The lowest BCUT2D eigenvalue weighted by Crippen LogP contribution is -2.45. The molecule has 1 N–H and O–H groups in total. The van der Waals surface area contributed by atoms with E-state index in [-0.39, 0.29) is 23.3 Å². The number of sulfone groups is 1. The molecule has 0 saturated carbocycles. The van der Waals surface area contributed by atoms with Gasteiger partial charge in [-0.3, -0.25) is 9.59 Å². The van der Waals surface area contributed by atoms with Crippen LogP contribution in [0.15, 0.2) is 77.0 Å². The SMILES string of the molecule is CS(=O)(=O)c1ccc(CN2CCC3(CCN(CCC(NC(=O)c4cccs4)c4ccccc4)CC3)C2=O)cc1. The Morgan fingerprint density at radius 2 is 1.67 bits per heavy atom. The van der Waals surface area contributed by atoms with Crippen molar-refractivity contribution in [3.63, 3.8) is 0 Å². The Hall–Kier alpha value is -3.01. The molecule has 0 aliphatic carbocycles. The van der Waals surface area contributed by atoms with Crippen LogP contribution in [-0.4, -0.2) is 62.5 Å². The average molecular weight is 566 g/mol. The van der Waals surface area contributed by atoms with Crippen molar-refractivity contribution in [2.24, 2.45) is 5.41 Å². The van der Waals surface area contributed by atoms with Crippen LogP contribution < -0.4 is 5.32 Å². The number of nitrogens with one attached hydrogen (secondary N) is 1. The Bertz CT molecular complexity index is 1380. The summed E-state index contributed by atoms with van der Waals surface area (Å²) in [6.45, 7) is 3.82. The number of benzene rings is 2. The minimum atomic E-state index is -3.23. The third-order valence-corrected chi connectivity index (χ3v) is 10.1. The molecule has 3 aromatic rings. The van der Waals surface area contributed by atoms with Crippen molar-refractivity contribution < 1.29 is 18.0 Å². The van der Waals surface area contributed by atoms with Gasteiger partial charge in [0.25, 0.3) is 5.91 Å². The van der Waals surface area contributed by atoms with Gasteiger partial charge >= 0.3 is 0 Å². The van der Waals surface area contributed by atoms with E-state index in [2.05, 4.69) is 22.3 Å². The zero-order valence-electron chi connectivity index (χ0n) is 22.2. The molecule has 206 valence electrons. The van der Waals surface area contributed by atoms with Crippen LogP contribution in [0.5, 0.6) is 0 Å². The van der Waals surface area contributed by atoms with E-state index in [9.17, 15) is 18.0 Å². The summed E-state index contributed by atoms with van der Waals surface area (Å²) in [5.74, 6) is 0.179. The second-order valence-electron chi connectivity index (χ2n) is 10.7. The van der Waals surface area contributed by atoms with Gasteiger partial charge in [-0.2, -0.15) is 0 Å². The molecular weight excluding hydrogens is 530 g/mol. The van der Waals surface area contributed by atoms with Gasteiger partial charge in [0.1, 0.15) is 0 Å². The van der Waals surface area contributed by atoms with Crippen LogP contribution in [0.4, 0.5) is 0 Å². The van der Waals surface area contributed by atoms with Gasteiger partial charge in [-0.05, 0) is 73.5 Å². The molecule has 2 aromatic carbocycles. The van der Waals surface area contributed by atoms with Crippen molar-refractivity contribution in [1.82, 2.24) is 15.1 Å². The first-order valence-electron chi connectivity index (χ1n) is 13.4. The van der Waals surface area contributed by atoms with Crippen molar-refractivity contribution in [2.75, 3.05) is 32.4 Å². The fourth-order valence-corrected chi connectivity index (χ4v) is 6.99. The third kappa shape index (κ3) is 6.42. The summed E-state index contributed by atoms with van der Waals surface area (Å²) >= 11 is 1.44. The summed E-state index contributed by atoms with van der Waals surface area (Å²) in [4.78, 5) is 31.6. The maximum absolute atomic E-state index is 13.5. The van der Waals surface area contributed by atoms with E-state index < -0.39 is 9.84 Å². The quantitative estimate of drug-likeness (QED) is 0.412. The van der Waals surface area contributed by atoms with E-state index in [0.717, 1.165) is 63.0 Å². The van der Waals surface area contributed by atoms with Crippen molar-refractivity contribution in [2.45, 2.75) is 43.2 Å². The summed E-state index contributed by atoms with van der Waals surface area (Å²) in [5, 5.41) is 5.13. The predicted molar refractivity (Wildman–Crippen MR) is 153 cm³/mol. The monoisotopic (exact) mass is 565 g/mol. The number of nitrogens with zero attached hydrogens (tertiary/aromatic N) is 2. The molecule has 3 heterocycles. The van der Waals surface area contributed by atoms with E-state index in [1.807, 2.05) is 40.6 Å². The summed E-state index contributed by atoms with van der Waals surface area (Å²) in [6.07, 6.45) is 4.55. The molecule has 2 aliphatic heterocycles. The lowest BCUT2D eigenvalue weighted by atomic mass is 9.77. The Morgan fingerprint density at radius 3 is 2.31 bits per heavy atom. The summed E-state index contributed by atoms with van der Waals surface area (Å²) in [7, 11) is -3.23. The summed E-state index contributed by atoms with van der Waals surface area (Å²) in [5.41, 5.74) is 1.75. The number of likely N-dealkylation sites (tertiary alicyclic amines) is 2. The van der Waals surface area contributed by atoms with E-state index >= 15 is 0 Å². The fourth-order valence-electron chi connectivity index (χ4n) is 5.73. The molecule has 0 radical (unpaired) electrons. The molecule has 7 nitrogen and oxygen atoms in total. The number of thiophene rings is 1. The maximum Gasteiger partial charge on any atom is 0.261 e. The van der Waals surface area contributed by atoms with Crippen molar-refractivity contribution >= 4 is 33.0 Å². The predicted octanol–water partition coefficient (Wildman–Crippen LogP) is 4.53. The topological polar surface area (TPSA) is 86.8 Å². The Labute approximate surface area is 234 Å². The highest BCUT2D eigenvalue weighted by Gasteiger charge is 2.47. The van der Waals surface area contributed by atoms with Crippen LogP contribution >= 0.6 is 11.3 Å². The molecule has 2 fully saturated rings. The first kappa shape index (κ1) is 27.6. The molecule has 2 saturated heterocycles. The van der Waals surface area contributed by atoms with Crippen molar-refractivity contribution in [3.8, 4) is 0 Å². The van der Waals surface area contributed by atoms with Gasteiger partial charge in [-0.15, -0.1) is 11.3 Å². The molecule has 1 atom stereocenters. The molecule has 9 heteroatoms. The highest BCUT2D eigenvalue weighted by molar-refractivity contribution is 7.90. The van der Waals surface area contributed by atoms with Crippen LogP contribution in [0.25, 0.3) is 0 Å². The van der Waals surface area contributed by atoms with Crippen LogP contribution in [0.2, 0.25) is 0 Å².